The molecule has 6 nitrogen and oxygen atoms in total. The van der Waals surface area contributed by atoms with Crippen LogP contribution in [0.5, 0.6) is 0 Å². The summed E-state index contributed by atoms with van der Waals surface area (Å²) < 4.78 is 1.81. The SMILES string of the molecule is C[C@@H](Sc1nncn1C)C(=O)NCCCc1ccc(N(C)C)cc1. The van der Waals surface area contributed by atoms with E-state index in [1.807, 2.05) is 32.6 Å². The molecule has 7 heteroatoms. The molecule has 0 aliphatic heterocycles. The van der Waals surface area contributed by atoms with E-state index in [0.717, 1.165) is 18.0 Å². The zero-order chi connectivity index (χ0) is 17.5. The summed E-state index contributed by atoms with van der Waals surface area (Å²) in [6.45, 7) is 2.56. The van der Waals surface area contributed by atoms with Crippen LogP contribution in [0.15, 0.2) is 35.7 Å². The molecule has 1 amide bonds. The highest BCUT2D eigenvalue weighted by Crippen LogP contribution is 2.19. The number of amides is 1. The fourth-order valence-corrected chi connectivity index (χ4v) is 3.01. The van der Waals surface area contributed by atoms with Crippen LogP contribution in [-0.2, 0) is 18.3 Å². The molecule has 130 valence electrons. The van der Waals surface area contributed by atoms with Crippen LogP contribution in [-0.4, -0.2) is 46.6 Å². The summed E-state index contributed by atoms with van der Waals surface area (Å²) >= 11 is 1.42. The minimum atomic E-state index is -0.188. The molecule has 0 fully saturated rings. The zero-order valence-electron chi connectivity index (χ0n) is 14.7. The summed E-state index contributed by atoms with van der Waals surface area (Å²) in [4.78, 5) is 14.2. The summed E-state index contributed by atoms with van der Waals surface area (Å²) in [5.41, 5.74) is 2.48. The Bertz CT molecular complexity index is 653. The number of aryl methyl sites for hydroxylation is 2. The van der Waals surface area contributed by atoms with E-state index in [1.54, 1.807) is 6.33 Å². The van der Waals surface area contributed by atoms with Gasteiger partial charge in [0.05, 0.1) is 5.25 Å². The van der Waals surface area contributed by atoms with E-state index in [1.165, 1.54) is 23.0 Å². The summed E-state index contributed by atoms with van der Waals surface area (Å²) in [6, 6.07) is 8.52. The van der Waals surface area contributed by atoms with Gasteiger partial charge in [-0.25, -0.2) is 0 Å². The second kappa shape index (κ2) is 8.73. The van der Waals surface area contributed by atoms with Gasteiger partial charge in [0.15, 0.2) is 5.16 Å². The van der Waals surface area contributed by atoms with Gasteiger partial charge in [0.1, 0.15) is 6.33 Å². The van der Waals surface area contributed by atoms with E-state index in [-0.39, 0.29) is 11.2 Å². The van der Waals surface area contributed by atoms with Gasteiger partial charge in [-0.05, 0) is 37.5 Å². The Balaban J connectivity index is 1.69. The van der Waals surface area contributed by atoms with Crippen molar-refractivity contribution in [2.75, 3.05) is 25.5 Å². The molecule has 0 radical (unpaired) electrons. The number of hydrogen-bond acceptors (Lipinski definition) is 5. The molecule has 0 spiro atoms. The van der Waals surface area contributed by atoms with Gasteiger partial charge in [-0.1, -0.05) is 23.9 Å². The minimum Gasteiger partial charge on any atom is -0.378 e. The van der Waals surface area contributed by atoms with Crippen molar-refractivity contribution in [3.63, 3.8) is 0 Å². The molecule has 0 bridgehead atoms. The first kappa shape index (κ1) is 18.3. The molecule has 0 unspecified atom stereocenters. The van der Waals surface area contributed by atoms with Gasteiger partial charge in [-0.15, -0.1) is 10.2 Å². The lowest BCUT2D eigenvalue weighted by molar-refractivity contribution is -0.120. The lowest BCUT2D eigenvalue weighted by atomic mass is 10.1. The van der Waals surface area contributed by atoms with Crippen LogP contribution in [0.3, 0.4) is 0 Å². The lowest BCUT2D eigenvalue weighted by Crippen LogP contribution is -2.32. The molecule has 1 aromatic carbocycles. The van der Waals surface area contributed by atoms with Crippen molar-refractivity contribution in [3.05, 3.63) is 36.2 Å². The quantitative estimate of drug-likeness (QED) is 0.585. The van der Waals surface area contributed by atoms with Crippen molar-refractivity contribution in [3.8, 4) is 0 Å². The summed E-state index contributed by atoms with van der Waals surface area (Å²) in [6.07, 6.45) is 3.52. The number of nitrogens with one attached hydrogen (secondary N) is 1. The lowest BCUT2D eigenvalue weighted by Gasteiger charge is -2.13. The Hall–Kier alpha value is -2.02. The molecule has 0 saturated carbocycles. The van der Waals surface area contributed by atoms with Crippen molar-refractivity contribution in [2.24, 2.45) is 7.05 Å². The maximum Gasteiger partial charge on any atom is 0.233 e. The van der Waals surface area contributed by atoms with E-state index in [9.17, 15) is 4.79 Å². The molecule has 2 aromatic rings. The number of thioether (sulfide) groups is 1. The fraction of sp³-hybridized carbons (Fsp3) is 0.471. The van der Waals surface area contributed by atoms with Gasteiger partial charge in [0.25, 0.3) is 0 Å². The Morgan fingerprint density at radius 2 is 2.04 bits per heavy atom. The predicted octanol–water partition coefficient (Wildman–Crippen LogP) is 2.11. The van der Waals surface area contributed by atoms with Crippen molar-refractivity contribution in [1.29, 1.82) is 0 Å². The number of rotatable bonds is 8. The first-order valence-corrected chi connectivity index (χ1v) is 8.90. The van der Waals surface area contributed by atoms with Gasteiger partial charge in [0.2, 0.25) is 5.91 Å². The molecule has 0 aliphatic carbocycles. The molecule has 24 heavy (non-hydrogen) atoms. The van der Waals surface area contributed by atoms with Crippen LogP contribution < -0.4 is 10.2 Å². The molecular formula is C17H25N5OS. The van der Waals surface area contributed by atoms with Crippen molar-refractivity contribution in [2.45, 2.75) is 30.2 Å². The van der Waals surface area contributed by atoms with Gasteiger partial charge >= 0.3 is 0 Å². The van der Waals surface area contributed by atoms with Gasteiger partial charge in [-0.2, -0.15) is 0 Å². The average Bonchev–Trinajstić information content (AvgIpc) is 2.96. The number of anilines is 1. The number of nitrogens with zero attached hydrogens (tertiary/aromatic N) is 4. The molecule has 0 aliphatic rings. The van der Waals surface area contributed by atoms with E-state index < -0.39 is 0 Å². The van der Waals surface area contributed by atoms with Crippen LogP contribution in [0.25, 0.3) is 0 Å². The fourth-order valence-electron chi connectivity index (χ4n) is 2.20. The monoisotopic (exact) mass is 347 g/mol. The molecule has 1 heterocycles. The van der Waals surface area contributed by atoms with Crippen LogP contribution in [0.4, 0.5) is 5.69 Å². The second-order valence-electron chi connectivity index (χ2n) is 5.94. The maximum atomic E-state index is 12.1. The van der Waals surface area contributed by atoms with Crippen LogP contribution in [0.2, 0.25) is 0 Å². The number of carbonyl (C=O) groups is 1. The van der Waals surface area contributed by atoms with Gasteiger partial charge in [0, 0.05) is 33.4 Å². The normalized spacial score (nSPS) is 12.0. The minimum absolute atomic E-state index is 0.0333. The third kappa shape index (κ3) is 5.26. The Labute approximate surface area is 147 Å². The Morgan fingerprint density at radius 3 is 2.62 bits per heavy atom. The van der Waals surface area contributed by atoms with Crippen LogP contribution >= 0.6 is 11.8 Å². The smallest absolute Gasteiger partial charge is 0.233 e. The van der Waals surface area contributed by atoms with Crippen LogP contribution in [0.1, 0.15) is 18.9 Å². The van der Waals surface area contributed by atoms with E-state index in [4.69, 9.17) is 0 Å². The molecule has 0 saturated heterocycles. The van der Waals surface area contributed by atoms with Crippen molar-refractivity contribution >= 4 is 23.4 Å². The molecular weight excluding hydrogens is 322 g/mol. The Kier molecular flexibility index (Phi) is 6.66. The van der Waals surface area contributed by atoms with Gasteiger partial charge < -0.3 is 14.8 Å². The van der Waals surface area contributed by atoms with E-state index in [0.29, 0.717) is 6.54 Å². The highest BCUT2D eigenvalue weighted by atomic mass is 32.2. The summed E-state index contributed by atoms with van der Waals surface area (Å²) in [7, 11) is 5.93. The molecule has 1 N–H and O–H groups in total. The Morgan fingerprint density at radius 1 is 1.33 bits per heavy atom. The first-order valence-electron chi connectivity index (χ1n) is 8.02. The van der Waals surface area contributed by atoms with Crippen LogP contribution in [0, 0.1) is 0 Å². The average molecular weight is 347 g/mol. The molecule has 1 atom stereocenters. The van der Waals surface area contributed by atoms with Crippen molar-refractivity contribution in [1.82, 2.24) is 20.1 Å². The number of aromatic nitrogens is 3. The highest BCUT2D eigenvalue weighted by molar-refractivity contribution is 8.00. The maximum absolute atomic E-state index is 12.1. The van der Waals surface area contributed by atoms with Gasteiger partial charge in [-0.3, -0.25) is 4.79 Å². The number of benzene rings is 1. The summed E-state index contributed by atoms with van der Waals surface area (Å²) in [5.74, 6) is 0.0333. The van der Waals surface area contributed by atoms with E-state index in [2.05, 4.69) is 44.7 Å². The summed E-state index contributed by atoms with van der Waals surface area (Å²) in [5, 5.41) is 11.4. The zero-order valence-corrected chi connectivity index (χ0v) is 15.5. The topological polar surface area (TPSA) is 63.1 Å². The number of carbonyl (C=O) groups excluding carboxylic acids is 1. The predicted molar refractivity (Wildman–Crippen MR) is 98.4 cm³/mol. The standard InChI is InChI=1S/C17H25N5OS/c1-13(24-17-20-19-12-22(17)4)16(23)18-11-5-6-14-7-9-15(10-8-14)21(2)3/h7-10,12-13H,5-6,11H2,1-4H3,(H,18,23)/t13-/m1/s1. The third-order valence-electron chi connectivity index (χ3n) is 3.72. The van der Waals surface area contributed by atoms with E-state index >= 15 is 0 Å². The second-order valence-corrected chi connectivity index (χ2v) is 7.25. The highest BCUT2D eigenvalue weighted by Gasteiger charge is 2.16. The number of hydrogen-bond donors (Lipinski definition) is 1. The first-order chi connectivity index (χ1) is 11.5. The molecule has 2 rings (SSSR count). The van der Waals surface area contributed by atoms with Crippen molar-refractivity contribution < 1.29 is 4.79 Å². The third-order valence-corrected chi connectivity index (χ3v) is 4.86. The molecule has 1 aromatic heterocycles. The largest absolute Gasteiger partial charge is 0.378 e.